The lowest BCUT2D eigenvalue weighted by molar-refractivity contribution is 0.249. The fraction of sp³-hybridized carbons (Fsp3) is 0.778. The Bertz CT molecular complexity index is 160. The second-order valence-electron chi connectivity index (χ2n) is 2.68. The van der Waals surface area contributed by atoms with Crippen LogP contribution in [0.4, 0.5) is 4.79 Å². The van der Waals surface area contributed by atoms with Gasteiger partial charge < -0.3 is 5.32 Å². The number of aliphatic imine (C=N–C) groups is 1. The van der Waals surface area contributed by atoms with Crippen LogP contribution >= 0.6 is 11.8 Å². The van der Waals surface area contributed by atoms with Gasteiger partial charge in [0.25, 0.3) is 0 Å². The molecule has 0 fully saturated rings. The molecular weight excluding hydrogens is 184 g/mol. The maximum Gasteiger partial charge on any atom is 0.340 e. The molecule has 1 N–H and O–H groups in total. The lowest BCUT2D eigenvalue weighted by Gasteiger charge is -1.99. The number of carbonyl (C=O) groups is 1. The molecule has 4 heteroatoms. The molecule has 0 saturated carbocycles. The van der Waals surface area contributed by atoms with Crippen molar-refractivity contribution in [1.29, 1.82) is 0 Å². The van der Waals surface area contributed by atoms with Gasteiger partial charge in [-0.3, -0.25) is 0 Å². The van der Waals surface area contributed by atoms with E-state index in [2.05, 4.69) is 23.5 Å². The predicted octanol–water partition coefficient (Wildman–Crippen LogP) is 2.32. The minimum Gasteiger partial charge on any atom is -0.336 e. The van der Waals surface area contributed by atoms with E-state index in [1.54, 1.807) is 18.0 Å². The number of thioether (sulfide) groups is 1. The van der Waals surface area contributed by atoms with Gasteiger partial charge in [0, 0.05) is 12.8 Å². The van der Waals surface area contributed by atoms with Crippen LogP contribution in [0, 0.1) is 0 Å². The number of amides is 2. The fourth-order valence-corrected chi connectivity index (χ4v) is 1.17. The first-order valence-electron chi connectivity index (χ1n) is 4.60. The Labute approximate surface area is 84.4 Å². The quantitative estimate of drug-likeness (QED) is 0.530. The third-order valence-corrected chi connectivity index (χ3v) is 2.12. The summed E-state index contributed by atoms with van der Waals surface area (Å²) in [4.78, 5) is 14.7. The van der Waals surface area contributed by atoms with Crippen LogP contribution in [0.25, 0.3) is 0 Å². The van der Waals surface area contributed by atoms with Gasteiger partial charge in [0.05, 0.1) is 0 Å². The Morgan fingerprint density at radius 1 is 1.62 bits per heavy atom. The van der Waals surface area contributed by atoms with Crippen LogP contribution in [0.5, 0.6) is 0 Å². The van der Waals surface area contributed by atoms with Gasteiger partial charge in [-0.2, -0.15) is 11.8 Å². The summed E-state index contributed by atoms with van der Waals surface area (Å²) in [6.07, 6.45) is 6.64. The lowest BCUT2D eigenvalue weighted by atomic mass is 10.4. The van der Waals surface area contributed by atoms with Crippen LogP contribution in [0.3, 0.4) is 0 Å². The molecule has 2 amide bonds. The number of nitrogens with one attached hydrogen (secondary N) is 1. The number of rotatable bonds is 6. The lowest BCUT2D eigenvalue weighted by Crippen LogP contribution is -2.21. The van der Waals surface area contributed by atoms with Crippen molar-refractivity contribution in [3.05, 3.63) is 0 Å². The summed E-state index contributed by atoms with van der Waals surface area (Å²) in [6, 6.07) is -0.213. The van der Waals surface area contributed by atoms with E-state index in [-0.39, 0.29) is 6.03 Å². The summed E-state index contributed by atoms with van der Waals surface area (Å²) >= 11 is 1.79. The molecule has 0 aromatic rings. The number of carbonyl (C=O) groups excluding carboxylic acids is 1. The van der Waals surface area contributed by atoms with E-state index in [4.69, 9.17) is 0 Å². The summed E-state index contributed by atoms with van der Waals surface area (Å²) in [7, 11) is 0. The van der Waals surface area contributed by atoms with Crippen LogP contribution in [0.15, 0.2) is 4.99 Å². The molecule has 0 aromatic heterocycles. The van der Waals surface area contributed by atoms with Gasteiger partial charge in [-0.05, 0) is 24.9 Å². The van der Waals surface area contributed by atoms with Gasteiger partial charge in [0.2, 0.25) is 0 Å². The summed E-state index contributed by atoms with van der Waals surface area (Å²) in [6.45, 7) is 2.78. The molecule has 13 heavy (non-hydrogen) atoms. The van der Waals surface area contributed by atoms with Gasteiger partial charge in [-0.15, -0.1) is 0 Å². The van der Waals surface area contributed by atoms with Crippen molar-refractivity contribution in [2.75, 3.05) is 18.6 Å². The summed E-state index contributed by atoms with van der Waals surface area (Å²) < 4.78 is 0. The SMILES string of the molecule is CCCC=NC(=O)NCCCSC. The van der Waals surface area contributed by atoms with Crippen molar-refractivity contribution in [3.8, 4) is 0 Å². The van der Waals surface area contributed by atoms with Crippen LogP contribution in [0.2, 0.25) is 0 Å². The highest BCUT2D eigenvalue weighted by atomic mass is 32.2. The van der Waals surface area contributed by atoms with E-state index in [0.29, 0.717) is 0 Å². The zero-order chi connectivity index (χ0) is 9.94. The van der Waals surface area contributed by atoms with Crippen molar-refractivity contribution >= 4 is 24.0 Å². The van der Waals surface area contributed by atoms with Crippen molar-refractivity contribution < 1.29 is 4.79 Å². The minimum atomic E-state index is -0.213. The Morgan fingerprint density at radius 2 is 2.38 bits per heavy atom. The average Bonchev–Trinajstić information content (AvgIpc) is 2.13. The molecule has 0 aliphatic heterocycles. The van der Waals surface area contributed by atoms with Gasteiger partial charge in [-0.1, -0.05) is 13.3 Å². The van der Waals surface area contributed by atoms with Gasteiger partial charge in [0.1, 0.15) is 0 Å². The van der Waals surface area contributed by atoms with E-state index in [9.17, 15) is 4.79 Å². The molecule has 0 atom stereocenters. The Balaban J connectivity index is 3.29. The van der Waals surface area contributed by atoms with Crippen LogP contribution < -0.4 is 5.32 Å². The molecule has 3 nitrogen and oxygen atoms in total. The first kappa shape index (κ1) is 12.5. The topological polar surface area (TPSA) is 41.5 Å². The van der Waals surface area contributed by atoms with Crippen molar-refractivity contribution in [2.45, 2.75) is 26.2 Å². The molecule has 0 aromatic carbocycles. The second kappa shape index (κ2) is 9.58. The maximum atomic E-state index is 11.0. The average molecular weight is 202 g/mol. The Kier molecular flexibility index (Phi) is 9.20. The molecule has 0 rings (SSSR count). The zero-order valence-electron chi connectivity index (χ0n) is 8.38. The molecule has 0 aliphatic rings. The zero-order valence-corrected chi connectivity index (χ0v) is 9.19. The second-order valence-corrected chi connectivity index (χ2v) is 3.66. The van der Waals surface area contributed by atoms with Gasteiger partial charge in [0.15, 0.2) is 0 Å². The van der Waals surface area contributed by atoms with E-state index in [1.807, 2.05) is 0 Å². The maximum absolute atomic E-state index is 11.0. The smallest absolute Gasteiger partial charge is 0.336 e. The number of unbranched alkanes of at least 4 members (excludes halogenated alkanes) is 1. The van der Waals surface area contributed by atoms with Gasteiger partial charge in [-0.25, -0.2) is 9.79 Å². The molecule has 0 saturated heterocycles. The highest BCUT2D eigenvalue weighted by molar-refractivity contribution is 7.98. The number of urea groups is 1. The molecule has 0 unspecified atom stereocenters. The highest BCUT2D eigenvalue weighted by Gasteiger charge is 1.93. The Morgan fingerprint density at radius 3 is 3.00 bits per heavy atom. The van der Waals surface area contributed by atoms with Crippen molar-refractivity contribution in [2.24, 2.45) is 4.99 Å². The van der Waals surface area contributed by atoms with Crippen molar-refractivity contribution in [3.63, 3.8) is 0 Å². The van der Waals surface area contributed by atoms with Crippen LogP contribution in [-0.4, -0.2) is 30.8 Å². The van der Waals surface area contributed by atoms with E-state index >= 15 is 0 Å². The number of hydrogen-bond donors (Lipinski definition) is 1. The molecule has 0 spiro atoms. The first-order valence-corrected chi connectivity index (χ1v) is 6.00. The summed E-state index contributed by atoms with van der Waals surface area (Å²) in [5.41, 5.74) is 0. The monoisotopic (exact) mass is 202 g/mol. The molecule has 76 valence electrons. The normalized spacial score (nSPS) is 10.6. The van der Waals surface area contributed by atoms with E-state index < -0.39 is 0 Å². The molecule has 0 radical (unpaired) electrons. The van der Waals surface area contributed by atoms with Gasteiger partial charge >= 0.3 is 6.03 Å². The summed E-state index contributed by atoms with van der Waals surface area (Å²) in [5.74, 6) is 1.08. The molecular formula is C9H18N2OS. The molecule has 0 heterocycles. The van der Waals surface area contributed by atoms with E-state index in [0.717, 1.165) is 31.6 Å². The largest absolute Gasteiger partial charge is 0.340 e. The van der Waals surface area contributed by atoms with Crippen LogP contribution in [0.1, 0.15) is 26.2 Å². The third-order valence-electron chi connectivity index (χ3n) is 1.43. The first-order chi connectivity index (χ1) is 6.31. The summed E-state index contributed by atoms with van der Waals surface area (Å²) in [5, 5.41) is 2.73. The minimum absolute atomic E-state index is 0.213. The number of hydrogen-bond acceptors (Lipinski definition) is 2. The number of nitrogens with zero attached hydrogens (tertiary/aromatic N) is 1. The predicted molar refractivity (Wildman–Crippen MR) is 59.8 cm³/mol. The van der Waals surface area contributed by atoms with Crippen LogP contribution in [-0.2, 0) is 0 Å². The third kappa shape index (κ3) is 9.40. The fourth-order valence-electron chi connectivity index (χ4n) is 0.734. The Hall–Kier alpha value is -0.510. The standard InChI is InChI=1S/C9H18N2OS/c1-3-4-6-10-9(12)11-7-5-8-13-2/h6H,3-5,7-8H2,1-2H3,(H,11,12). The molecule has 0 bridgehead atoms. The van der Waals surface area contributed by atoms with E-state index in [1.165, 1.54) is 0 Å². The highest BCUT2D eigenvalue weighted by Crippen LogP contribution is 1.93. The van der Waals surface area contributed by atoms with Crippen molar-refractivity contribution in [1.82, 2.24) is 5.32 Å². The molecule has 0 aliphatic carbocycles.